The normalized spacial score (nSPS) is 16.6. The zero-order chi connectivity index (χ0) is 16.4. The predicted molar refractivity (Wildman–Crippen MR) is 81.3 cm³/mol. The van der Waals surface area contributed by atoms with E-state index in [0.717, 1.165) is 19.2 Å². The Morgan fingerprint density at radius 2 is 1.70 bits per heavy atom. The molecule has 2 aromatic rings. The number of anilines is 1. The van der Waals surface area contributed by atoms with Gasteiger partial charge in [-0.15, -0.1) is 0 Å². The van der Waals surface area contributed by atoms with Gasteiger partial charge in [0.1, 0.15) is 0 Å². The van der Waals surface area contributed by atoms with E-state index in [1.807, 2.05) is 11.0 Å². The minimum absolute atomic E-state index is 0.158. The molecule has 1 aromatic carbocycles. The number of hydrogen-bond donors (Lipinski definition) is 1. The summed E-state index contributed by atoms with van der Waals surface area (Å²) < 4.78 is 39.5. The molecule has 0 spiro atoms. The zero-order valence-electron chi connectivity index (χ0n) is 12.8. The quantitative estimate of drug-likeness (QED) is 0.909. The van der Waals surface area contributed by atoms with E-state index in [1.165, 1.54) is 4.90 Å². The van der Waals surface area contributed by atoms with Crippen LogP contribution >= 0.6 is 0 Å². The lowest BCUT2D eigenvalue weighted by atomic mass is 10.1. The molecule has 0 unspecified atom stereocenters. The van der Waals surface area contributed by atoms with Crippen molar-refractivity contribution in [3.8, 4) is 11.3 Å². The lowest BCUT2D eigenvalue weighted by Crippen LogP contribution is -3.12. The summed E-state index contributed by atoms with van der Waals surface area (Å²) >= 11 is 0. The van der Waals surface area contributed by atoms with Crippen molar-refractivity contribution in [1.29, 1.82) is 0 Å². The molecule has 1 N–H and O–H groups in total. The zero-order valence-corrected chi connectivity index (χ0v) is 12.8. The molecule has 0 radical (unpaired) electrons. The van der Waals surface area contributed by atoms with Gasteiger partial charge in [-0.25, -0.2) is 9.97 Å². The van der Waals surface area contributed by atoms with Crippen LogP contribution in [0.5, 0.6) is 0 Å². The maximum Gasteiger partial charge on any atom is 0.433 e. The van der Waals surface area contributed by atoms with Gasteiger partial charge >= 0.3 is 6.18 Å². The molecule has 1 aliphatic heterocycles. The van der Waals surface area contributed by atoms with E-state index in [9.17, 15) is 13.2 Å². The van der Waals surface area contributed by atoms with Gasteiger partial charge in [-0.2, -0.15) is 13.2 Å². The summed E-state index contributed by atoms with van der Waals surface area (Å²) in [4.78, 5) is 11.3. The Bertz CT molecular complexity index is 665. The van der Waals surface area contributed by atoms with Crippen molar-refractivity contribution in [2.24, 2.45) is 0 Å². The number of hydrogen-bond acceptors (Lipinski definition) is 3. The summed E-state index contributed by atoms with van der Waals surface area (Å²) in [6.45, 7) is 3.03. The summed E-state index contributed by atoms with van der Waals surface area (Å²) in [6.07, 6.45) is -4.49. The number of halogens is 3. The highest BCUT2D eigenvalue weighted by atomic mass is 19.4. The maximum absolute atomic E-state index is 13.2. The minimum atomic E-state index is -4.49. The van der Waals surface area contributed by atoms with Crippen LogP contribution in [0.15, 0.2) is 36.4 Å². The number of quaternary nitrogens is 1. The topological polar surface area (TPSA) is 33.5 Å². The lowest BCUT2D eigenvalue weighted by molar-refractivity contribution is -0.880. The number of aromatic nitrogens is 2. The van der Waals surface area contributed by atoms with Crippen LogP contribution in [0.4, 0.5) is 19.1 Å². The van der Waals surface area contributed by atoms with E-state index >= 15 is 0 Å². The molecular formula is C16H18F3N4+. The average molecular weight is 323 g/mol. The Morgan fingerprint density at radius 1 is 1.04 bits per heavy atom. The van der Waals surface area contributed by atoms with Crippen molar-refractivity contribution in [2.45, 2.75) is 6.18 Å². The lowest BCUT2D eigenvalue weighted by Gasteiger charge is -2.30. The van der Waals surface area contributed by atoms with Crippen LogP contribution in [-0.2, 0) is 6.18 Å². The van der Waals surface area contributed by atoms with Crippen LogP contribution in [0, 0.1) is 0 Å². The number of alkyl halides is 3. The third-order valence-electron chi connectivity index (χ3n) is 3.97. The Labute approximate surface area is 132 Å². The summed E-state index contributed by atoms with van der Waals surface area (Å²) in [6, 6.07) is 9.90. The number of likely N-dealkylation sites (N-methyl/N-ethyl adjacent to an activating group) is 1. The number of piperazine rings is 1. The second-order valence-electron chi connectivity index (χ2n) is 5.75. The molecule has 1 fully saturated rings. The van der Waals surface area contributed by atoms with Crippen molar-refractivity contribution in [2.75, 3.05) is 38.1 Å². The van der Waals surface area contributed by atoms with Gasteiger partial charge in [0.25, 0.3) is 0 Å². The molecule has 2 heterocycles. The third kappa shape index (κ3) is 3.61. The Morgan fingerprint density at radius 3 is 2.30 bits per heavy atom. The minimum Gasteiger partial charge on any atom is -0.334 e. The van der Waals surface area contributed by atoms with Gasteiger partial charge in [-0.1, -0.05) is 30.3 Å². The van der Waals surface area contributed by atoms with E-state index in [1.54, 1.807) is 24.3 Å². The van der Waals surface area contributed by atoms with Gasteiger partial charge in [0.2, 0.25) is 5.95 Å². The smallest absolute Gasteiger partial charge is 0.334 e. The molecule has 4 nitrogen and oxygen atoms in total. The van der Waals surface area contributed by atoms with Gasteiger partial charge in [-0.05, 0) is 6.07 Å². The van der Waals surface area contributed by atoms with Crippen molar-refractivity contribution >= 4 is 5.95 Å². The average Bonchev–Trinajstić information content (AvgIpc) is 2.55. The molecule has 1 aromatic heterocycles. The fourth-order valence-corrected chi connectivity index (χ4v) is 2.57. The number of nitrogens with zero attached hydrogens (tertiary/aromatic N) is 3. The first-order chi connectivity index (χ1) is 10.9. The highest BCUT2D eigenvalue weighted by Crippen LogP contribution is 2.31. The van der Waals surface area contributed by atoms with Crippen molar-refractivity contribution in [3.63, 3.8) is 0 Å². The maximum atomic E-state index is 13.2. The van der Waals surface area contributed by atoms with Crippen LogP contribution in [0.2, 0.25) is 0 Å². The SMILES string of the molecule is C[NH+]1CCN(c2nc(-c3ccccc3)cc(C(F)(F)F)n2)CC1. The second kappa shape index (κ2) is 6.16. The van der Waals surface area contributed by atoms with Crippen LogP contribution in [0.3, 0.4) is 0 Å². The summed E-state index contributed by atoms with van der Waals surface area (Å²) in [5.41, 5.74) is 0.0585. The fraction of sp³-hybridized carbons (Fsp3) is 0.375. The Hall–Kier alpha value is -2.15. The van der Waals surface area contributed by atoms with E-state index in [0.29, 0.717) is 24.3 Å². The summed E-state index contributed by atoms with van der Waals surface area (Å²) in [5.74, 6) is 0.158. The van der Waals surface area contributed by atoms with Gasteiger partial charge in [0, 0.05) is 5.56 Å². The van der Waals surface area contributed by atoms with Crippen LogP contribution in [-0.4, -0.2) is 43.2 Å². The highest BCUT2D eigenvalue weighted by molar-refractivity contribution is 5.61. The second-order valence-corrected chi connectivity index (χ2v) is 5.75. The van der Waals surface area contributed by atoms with Gasteiger partial charge in [-0.3, -0.25) is 0 Å². The van der Waals surface area contributed by atoms with Crippen molar-refractivity contribution < 1.29 is 18.1 Å². The number of benzene rings is 1. The monoisotopic (exact) mass is 323 g/mol. The molecule has 1 saturated heterocycles. The molecule has 1 aliphatic rings. The first-order valence-electron chi connectivity index (χ1n) is 7.51. The van der Waals surface area contributed by atoms with E-state index in [4.69, 9.17) is 0 Å². The van der Waals surface area contributed by atoms with Gasteiger partial charge in [0.05, 0.1) is 38.9 Å². The van der Waals surface area contributed by atoms with E-state index < -0.39 is 11.9 Å². The molecule has 122 valence electrons. The standard InChI is InChI=1S/C16H17F3N4/c1-22-7-9-23(10-8-22)15-20-13(12-5-3-2-4-6-12)11-14(21-15)16(17,18)19/h2-6,11H,7-10H2,1H3/p+1. The summed E-state index contributed by atoms with van der Waals surface area (Å²) in [7, 11) is 2.07. The Balaban J connectivity index is 2.02. The van der Waals surface area contributed by atoms with Crippen LogP contribution < -0.4 is 9.80 Å². The molecule has 23 heavy (non-hydrogen) atoms. The predicted octanol–water partition coefficient (Wildman–Crippen LogP) is 1.50. The molecule has 0 aliphatic carbocycles. The fourth-order valence-electron chi connectivity index (χ4n) is 2.57. The molecule has 0 amide bonds. The molecule has 3 rings (SSSR count). The number of nitrogens with one attached hydrogen (secondary N) is 1. The van der Waals surface area contributed by atoms with Crippen molar-refractivity contribution in [3.05, 3.63) is 42.1 Å². The van der Waals surface area contributed by atoms with Crippen LogP contribution in [0.25, 0.3) is 11.3 Å². The molecule has 0 bridgehead atoms. The van der Waals surface area contributed by atoms with Crippen molar-refractivity contribution in [1.82, 2.24) is 9.97 Å². The van der Waals surface area contributed by atoms with Gasteiger partial charge < -0.3 is 9.80 Å². The Kier molecular flexibility index (Phi) is 4.21. The summed E-state index contributed by atoms with van der Waals surface area (Å²) in [5, 5.41) is 0. The van der Waals surface area contributed by atoms with E-state index in [-0.39, 0.29) is 5.95 Å². The first kappa shape index (κ1) is 15.7. The molecule has 0 atom stereocenters. The molecular weight excluding hydrogens is 305 g/mol. The number of rotatable bonds is 2. The van der Waals surface area contributed by atoms with Crippen LogP contribution in [0.1, 0.15) is 5.69 Å². The molecule has 0 saturated carbocycles. The third-order valence-corrected chi connectivity index (χ3v) is 3.97. The first-order valence-corrected chi connectivity index (χ1v) is 7.51. The highest BCUT2D eigenvalue weighted by Gasteiger charge is 2.34. The molecule has 7 heteroatoms. The van der Waals surface area contributed by atoms with Gasteiger partial charge in [0.15, 0.2) is 5.69 Å². The van der Waals surface area contributed by atoms with E-state index in [2.05, 4.69) is 17.0 Å². The largest absolute Gasteiger partial charge is 0.433 e.